The molecule has 3 heteroatoms. The van der Waals surface area contributed by atoms with Gasteiger partial charge in [-0.05, 0) is 43.4 Å². The highest BCUT2D eigenvalue weighted by Crippen LogP contribution is 2.36. The molecular weight excluding hydrogens is 260 g/mol. The van der Waals surface area contributed by atoms with Gasteiger partial charge in [0.2, 0.25) is 0 Å². The monoisotopic (exact) mass is 281 g/mol. The van der Waals surface area contributed by atoms with Crippen LogP contribution in [0.3, 0.4) is 0 Å². The minimum atomic E-state index is -0.998. The minimum Gasteiger partial charge on any atom is -0.385 e. The Morgan fingerprint density at radius 1 is 1.10 bits per heavy atom. The highest BCUT2D eigenvalue weighted by Gasteiger charge is 2.36. The van der Waals surface area contributed by atoms with Crippen molar-refractivity contribution in [2.45, 2.75) is 18.4 Å². The molecule has 1 aromatic heterocycles. The molecule has 1 aliphatic heterocycles. The zero-order chi connectivity index (χ0) is 14.7. The van der Waals surface area contributed by atoms with Gasteiger partial charge in [-0.15, -0.1) is 0 Å². The third-order valence-electron chi connectivity index (χ3n) is 4.46. The van der Waals surface area contributed by atoms with Crippen LogP contribution in [0.2, 0.25) is 0 Å². The van der Waals surface area contributed by atoms with E-state index in [1.807, 2.05) is 42.6 Å². The van der Waals surface area contributed by atoms with E-state index in [9.17, 15) is 5.11 Å². The molecule has 1 saturated heterocycles. The lowest BCUT2D eigenvalue weighted by molar-refractivity contribution is 0.00965. The summed E-state index contributed by atoms with van der Waals surface area (Å²) in [6.07, 6.45) is 5.56. The molecule has 0 spiro atoms. The lowest BCUT2D eigenvalue weighted by Gasteiger charge is -2.40. The van der Waals surface area contributed by atoms with Crippen molar-refractivity contribution >= 4 is 5.69 Å². The van der Waals surface area contributed by atoms with Crippen LogP contribution < -0.4 is 4.90 Å². The molecule has 1 N–H and O–H groups in total. The van der Waals surface area contributed by atoms with E-state index >= 15 is 0 Å². The van der Waals surface area contributed by atoms with E-state index in [1.165, 1.54) is 0 Å². The first-order valence-corrected chi connectivity index (χ1v) is 7.46. The second kappa shape index (κ2) is 5.86. The SMILES string of the molecule is [CH2]C(O)(c1ccccc1)C1CCN(c2cccnc2)CC1. The maximum Gasteiger partial charge on any atom is 0.0927 e. The van der Waals surface area contributed by atoms with E-state index in [0.717, 1.165) is 37.2 Å². The van der Waals surface area contributed by atoms with Crippen molar-refractivity contribution in [1.29, 1.82) is 0 Å². The number of benzene rings is 1. The fourth-order valence-corrected chi connectivity index (χ4v) is 3.12. The number of aromatic nitrogens is 1. The molecule has 0 saturated carbocycles. The minimum absolute atomic E-state index is 0.188. The lowest BCUT2D eigenvalue weighted by atomic mass is 9.77. The number of hydrogen-bond donors (Lipinski definition) is 1. The van der Waals surface area contributed by atoms with E-state index in [4.69, 9.17) is 0 Å². The first-order valence-electron chi connectivity index (χ1n) is 7.46. The second-order valence-corrected chi connectivity index (χ2v) is 5.76. The van der Waals surface area contributed by atoms with Gasteiger partial charge in [0.15, 0.2) is 0 Å². The smallest absolute Gasteiger partial charge is 0.0927 e. The molecule has 2 aromatic rings. The lowest BCUT2D eigenvalue weighted by Crippen LogP contribution is -2.42. The van der Waals surface area contributed by atoms with Gasteiger partial charge in [-0.3, -0.25) is 4.98 Å². The van der Waals surface area contributed by atoms with Crippen molar-refractivity contribution in [3.63, 3.8) is 0 Å². The Morgan fingerprint density at radius 3 is 2.43 bits per heavy atom. The van der Waals surface area contributed by atoms with Gasteiger partial charge < -0.3 is 10.0 Å². The summed E-state index contributed by atoms with van der Waals surface area (Å²) in [5, 5.41) is 10.8. The molecule has 21 heavy (non-hydrogen) atoms. The van der Waals surface area contributed by atoms with Crippen LogP contribution in [0.4, 0.5) is 5.69 Å². The largest absolute Gasteiger partial charge is 0.385 e. The van der Waals surface area contributed by atoms with Gasteiger partial charge in [-0.2, -0.15) is 0 Å². The van der Waals surface area contributed by atoms with Gasteiger partial charge in [0.25, 0.3) is 0 Å². The fourth-order valence-electron chi connectivity index (χ4n) is 3.12. The second-order valence-electron chi connectivity index (χ2n) is 5.76. The van der Waals surface area contributed by atoms with Gasteiger partial charge in [-0.1, -0.05) is 30.3 Å². The standard InChI is InChI=1S/C18H21N2O/c1-18(21,15-6-3-2-4-7-15)16-9-12-20(13-10-16)17-8-5-11-19-14-17/h2-8,11,14,16,21H,1,9-10,12-13H2. The van der Waals surface area contributed by atoms with Crippen LogP contribution in [0.5, 0.6) is 0 Å². The normalized spacial score (nSPS) is 19.2. The molecule has 1 fully saturated rings. The molecule has 3 nitrogen and oxygen atoms in total. The van der Waals surface area contributed by atoms with E-state index < -0.39 is 5.60 Å². The first kappa shape index (κ1) is 14.1. The van der Waals surface area contributed by atoms with Crippen LogP contribution in [0.15, 0.2) is 54.9 Å². The fraction of sp³-hybridized carbons (Fsp3) is 0.333. The van der Waals surface area contributed by atoms with E-state index in [-0.39, 0.29) is 5.92 Å². The number of piperidine rings is 1. The molecule has 109 valence electrons. The van der Waals surface area contributed by atoms with E-state index in [2.05, 4.69) is 22.9 Å². The number of anilines is 1. The average Bonchev–Trinajstić information content (AvgIpc) is 2.57. The summed E-state index contributed by atoms with van der Waals surface area (Å²) in [7, 11) is 0. The number of pyridine rings is 1. The Hall–Kier alpha value is -1.87. The van der Waals surface area contributed by atoms with Crippen LogP contribution >= 0.6 is 0 Å². The van der Waals surface area contributed by atoms with Crippen molar-refractivity contribution in [1.82, 2.24) is 4.98 Å². The Morgan fingerprint density at radius 2 is 1.81 bits per heavy atom. The third-order valence-corrected chi connectivity index (χ3v) is 4.46. The van der Waals surface area contributed by atoms with Gasteiger partial charge >= 0.3 is 0 Å². The summed E-state index contributed by atoms with van der Waals surface area (Å²) in [6.45, 7) is 5.95. The van der Waals surface area contributed by atoms with Crippen LogP contribution in [-0.2, 0) is 5.60 Å². The summed E-state index contributed by atoms with van der Waals surface area (Å²) < 4.78 is 0. The summed E-state index contributed by atoms with van der Waals surface area (Å²) in [5.74, 6) is 0.188. The van der Waals surface area contributed by atoms with Crippen molar-refractivity contribution in [3.05, 3.63) is 67.3 Å². The molecule has 2 heterocycles. The van der Waals surface area contributed by atoms with Crippen molar-refractivity contribution < 1.29 is 5.11 Å². The Labute approximate surface area is 126 Å². The molecule has 1 radical (unpaired) electrons. The van der Waals surface area contributed by atoms with Crippen LogP contribution in [-0.4, -0.2) is 23.2 Å². The van der Waals surface area contributed by atoms with Crippen LogP contribution in [0.1, 0.15) is 18.4 Å². The zero-order valence-electron chi connectivity index (χ0n) is 12.2. The van der Waals surface area contributed by atoms with Crippen LogP contribution in [0, 0.1) is 12.8 Å². The Bertz CT molecular complexity index is 560. The number of hydrogen-bond acceptors (Lipinski definition) is 3. The van der Waals surface area contributed by atoms with Crippen LogP contribution in [0.25, 0.3) is 0 Å². The van der Waals surface area contributed by atoms with Gasteiger partial charge in [-0.25, -0.2) is 0 Å². The molecule has 1 aliphatic rings. The quantitative estimate of drug-likeness (QED) is 0.939. The van der Waals surface area contributed by atoms with E-state index in [1.54, 1.807) is 6.20 Å². The summed E-state index contributed by atoms with van der Waals surface area (Å²) in [5.41, 5.74) is 1.07. The Kier molecular flexibility index (Phi) is 3.93. The predicted molar refractivity (Wildman–Crippen MR) is 84.9 cm³/mol. The van der Waals surface area contributed by atoms with E-state index in [0.29, 0.717) is 0 Å². The topological polar surface area (TPSA) is 36.4 Å². The molecule has 1 atom stereocenters. The zero-order valence-corrected chi connectivity index (χ0v) is 12.2. The highest BCUT2D eigenvalue weighted by molar-refractivity contribution is 5.44. The molecule has 0 bridgehead atoms. The van der Waals surface area contributed by atoms with Crippen molar-refractivity contribution in [2.75, 3.05) is 18.0 Å². The first-order chi connectivity index (χ1) is 10.2. The van der Waals surface area contributed by atoms with Gasteiger partial charge in [0.05, 0.1) is 17.5 Å². The number of rotatable bonds is 3. The van der Waals surface area contributed by atoms with Gasteiger partial charge in [0.1, 0.15) is 0 Å². The summed E-state index contributed by atoms with van der Waals surface area (Å²) in [4.78, 5) is 6.50. The van der Waals surface area contributed by atoms with Crippen molar-refractivity contribution in [3.8, 4) is 0 Å². The molecule has 1 unspecified atom stereocenters. The molecule has 1 aromatic carbocycles. The third kappa shape index (κ3) is 2.93. The molecule has 0 aliphatic carbocycles. The molecule has 3 rings (SSSR count). The molecule has 0 amide bonds. The maximum atomic E-state index is 10.8. The maximum absolute atomic E-state index is 10.8. The number of nitrogens with zero attached hydrogens (tertiary/aromatic N) is 2. The summed E-state index contributed by atoms with van der Waals surface area (Å²) >= 11 is 0. The van der Waals surface area contributed by atoms with Crippen molar-refractivity contribution in [2.24, 2.45) is 5.92 Å². The average molecular weight is 281 g/mol. The van der Waals surface area contributed by atoms with Gasteiger partial charge in [0, 0.05) is 19.3 Å². The summed E-state index contributed by atoms with van der Waals surface area (Å²) in [6, 6.07) is 13.8. The molecular formula is C18H21N2O. The highest BCUT2D eigenvalue weighted by atomic mass is 16.3. The Balaban J connectivity index is 1.68. The number of aliphatic hydroxyl groups is 1. The predicted octanol–water partition coefficient (Wildman–Crippen LogP) is 3.02.